The maximum atomic E-state index is 13.7. The summed E-state index contributed by atoms with van der Waals surface area (Å²) in [7, 11) is 0. The number of nitrogens with one attached hydrogen (secondary N) is 1. The molecule has 7 heteroatoms. The van der Waals surface area contributed by atoms with Gasteiger partial charge in [-0.3, -0.25) is 14.4 Å². The number of anilines is 2. The molecule has 0 unspecified atom stereocenters. The lowest BCUT2D eigenvalue weighted by molar-refractivity contribution is -0.131. The molecule has 1 aliphatic carbocycles. The Morgan fingerprint density at radius 2 is 1.57 bits per heavy atom. The van der Waals surface area contributed by atoms with Crippen molar-refractivity contribution in [3.8, 4) is 0 Å². The third kappa shape index (κ3) is 6.56. The number of carbonyl (C=O) groups excluding carboxylic acids is 3. The second-order valence-corrected chi connectivity index (χ2v) is 10.9. The molecule has 192 valence electrons. The van der Waals surface area contributed by atoms with Gasteiger partial charge in [-0.15, -0.1) is 0 Å². The number of likely N-dealkylation sites (tertiary alicyclic amines) is 1. The molecule has 0 aromatic heterocycles. The fraction of sp³-hybridized carbons (Fsp3) is 0.679. The number of carbonyl (C=O) groups is 3. The van der Waals surface area contributed by atoms with Crippen LogP contribution in [0.1, 0.15) is 82.0 Å². The molecule has 3 aliphatic rings. The lowest BCUT2D eigenvalue weighted by Crippen LogP contribution is -2.38. The fourth-order valence-electron chi connectivity index (χ4n) is 5.65. The van der Waals surface area contributed by atoms with Gasteiger partial charge < -0.3 is 20.0 Å². The van der Waals surface area contributed by atoms with Gasteiger partial charge in [0.15, 0.2) is 0 Å². The zero-order valence-electron chi connectivity index (χ0n) is 21.6. The highest BCUT2D eigenvalue weighted by molar-refractivity contribution is 6.02. The Hall–Kier alpha value is -2.57. The predicted molar refractivity (Wildman–Crippen MR) is 140 cm³/mol. The number of hydrogen-bond acceptors (Lipinski definition) is 4. The van der Waals surface area contributed by atoms with Crippen molar-refractivity contribution in [3.63, 3.8) is 0 Å². The van der Waals surface area contributed by atoms with Crippen LogP contribution in [0.2, 0.25) is 0 Å². The average Bonchev–Trinajstić information content (AvgIpc) is 3.29. The number of hydrogen-bond donors (Lipinski definition) is 1. The van der Waals surface area contributed by atoms with Gasteiger partial charge in [0.1, 0.15) is 0 Å². The SMILES string of the molecule is CC(C)CC(=O)N1CCCN(c2ccc(NC(=O)C3CCCC3)cc2C(=O)N2CCCCC2)CC1. The molecule has 0 atom stereocenters. The normalized spacial score (nSPS) is 19.7. The first-order valence-corrected chi connectivity index (χ1v) is 13.7. The maximum Gasteiger partial charge on any atom is 0.256 e. The van der Waals surface area contributed by atoms with Gasteiger partial charge in [-0.05, 0) is 62.6 Å². The van der Waals surface area contributed by atoms with E-state index in [1.807, 2.05) is 28.0 Å². The van der Waals surface area contributed by atoms with E-state index in [0.29, 0.717) is 36.7 Å². The quantitative estimate of drug-likeness (QED) is 0.647. The molecule has 1 aromatic carbocycles. The van der Waals surface area contributed by atoms with Crippen molar-refractivity contribution in [2.45, 2.75) is 71.6 Å². The molecule has 0 spiro atoms. The number of nitrogens with zero attached hydrogens (tertiary/aromatic N) is 3. The van der Waals surface area contributed by atoms with Crippen LogP contribution in [0.15, 0.2) is 18.2 Å². The van der Waals surface area contributed by atoms with Crippen molar-refractivity contribution in [3.05, 3.63) is 23.8 Å². The smallest absolute Gasteiger partial charge is 0.256 e. The van der Waals surface area contributed by atoms with Gasteiger partial charge in [-0.25, -0.2) is 0 Å². The van der Waals surface area contributed by atoms with Crippen molar-refractivity contribution < 1.29 is 14.4 Å². The molecule has 2 aliphatic heterocycles. The zero-order chi connectivity index (χ0) is 24.8. The molecule has 35 heavy (non-hydrogen) atoms. The number of piperidine rings is 1. The van der Waals surface area contributed by atoms with E-state index in [1.54, 1.807) is 0 Å². The fourth-order valence-corrected chi connectivity index (χ4v) is 5.65. The molecule has 1 aromatic rings. The Kier molecular flexibility index (Phi) is 8.69. The van der Waals surface area contributed by atoms with Gasteiger partial charge in [-0.2, -0.15) is 0 Å². The van der Waals surface area contributed by atoms with E-state index in [1.165, 1.54) is 6.42 Å². The molecule has 0 radical (unpaired) electrons. The third-order valence-electron chi connectivity index (χ3n) is 7.64. The van der Waals surface area contributed by atoms with Crippen LogP contribution in [0, 0.1) is 11.8 Å². The minimum absolute atomic E-state index is 0.0497. The average molecular weight is 483 g/mol. The van der Waals surface area contributed by atoms with E-state index < -0.39 is 0 Å². The standard InChI is InChI=1S/C28H42N4O3/c1-21(2)19-26(33)31-16-8-15-30(17-18-31)25-12-11-23(29-27(34)22-9-4-5-10-22)20-24(25)28(35)32-13-6-3-7-14-32/h11-12,20-22H,3-10,13-19H2,1-2H3,(H,29,34). The predicted octanol–water partition coefficient (Wildman–Crippen LogP) is 4.53. The molecule has 3 amide bonds. The van der Waals surface area contributed by atoms with Crippen LogP contribution >= 0.6 is 0 Å². The maximum absolute atomic E-state index is 13.7. The van der Waals surface area contributed by atoms with E-state index in [4.69, 9.17) is 0 Å². The van der Waals surface area contributed by atoms with Crippen LogP contribution in [-0.2, 0) is 9.59 Å². The molecule has 0 bridgehead atoms. The highest BCUT2D eigenvalue weighted by Crippen LogP contribution is 2.30. The van der Waals surface area contributed by atoms with E-state index in [0.717, 1.165) is 76.8 Å². The highest BCUT2D eigenvalue weighted by Gasteiger charge is 2.27. The van der Waals surface area contributed by atoms with Gasteiger partial charge in [-0.1, -0.05) is 26.7 Å². The number of rotatable bonds is 6. The summed E-state index contributed by atoms with van der Waals surface area (Å²) in [6.07, 6.45) is 8.82. The molecular formula is C28H42N4O3. The van der Waals surface area contributed by atoms with Crippen molar-refractivity contribution in [2.24, 2.45) is 11.8 Å². The van der Waals surface area contributed by atoms with Crippen molar-refractivity contribution in [1.29, 1.82) is 0 Å². The molecule has 2 saturated heterocycles. The lowest BCUT2D eigenvalue weighted by Gasteiger charge is -2.31. The Morgan fingerprint density at radius 3 is 2.29 bits per heavy atom. The second kappa shape index (κ2) is 11.9. The van der Waals surface area contributed by atoms with Crippen LogP contribution < -0.4 is 10.2 Å². The summed E-state index contributed by atoms with van der Waals surface area (Å²) >= 11 is 0. The molecule has 1 saturated carbocycles. The van der Waals surface area contributed by atoms with E-state index >= 15 is 0 Å². The lowest BCUT2D eigenvalue weighted by atomic mass is 10.0. The van der Waals surface area contributed by atoms with Crippen LogP contribution in [0.3, 0.4) is 0 Å². The van der Waals surface area contributed by atoms with Crippen molar-refractivity contribution in [2.75, 3.05) is 49.5 Å². The summed E-state index contributed by atoms with van der Waals surface area (Å²) in [6, 6.07) is 5.81. The summed E-state index contributed by atoms with van der Waals surface area (Å²) in [5.41, 5.74) is 2.28. The Labute approximate surface area is 210 Å². The van der Waals surface area contributed by atoms with Crippen LogP contribution in [-0.4, -0.2) is 66.8 Å². The number of benzene rings is 1. The topological polar surface area (TPSA) is 73.0 Å². The van der Waals surface area contributed by atoms with E-state index in [2.05, 4.69) is 24.1 Å². The summed E-state index contributed by atoms with van der Waals surface area (Å²) < 4.78 is 0. The van der Waals surface area contributed by atoms with Crippen LogP contribution in [0.25, 0.3) is 0 Å². The molecule has 4 rings (SSSR count). The minimum atomic E-state index is 0.0497. The van der Waals surface area contributed by atoms with Gasteiger partial charge in [0.25, 0.3) is 5.91 Å². The molecule has 3 fully saturated rings. The van der Waals surface area contributed by atoms with Crippen LogP contribution in [0.4, 0.5) is 11.4 Å². The zero-order valence-corrected chi connectivity index (χ0v) is 21.6. The minimum Gasteiger partial charge on any atom is -0.369 e. The van der Waals surface area contributed by atoms with Gasteiger partial charge in [0, 0.05) is 63.0 Å². The summed E-state index contributed by atoms with van der Waals surface area (Å²) in [5.74, 6) is 0.768. The Morgan fingerprint density at radius 1 is 0.857 bits per heavy atom. The Bertz CT molecular complexity index is 903. The van der Waals surface area contributed by atoms with E-state index in [-0.39, 0.29) is 23.6 Å². The Balaban J connectivity index is 1.54. The summed E-state index contributed by atoms with van der Waals surface area (Å²) in [6.45, 7) is 8.66. The second-order valence-electron chi connectivity index (χ2n) is 10.9. The van der Waals surface area contributed by atoms with E-state index in [9.17, 15) is 14.4 Å². The number of amides is 3. The molecule has 7 nitrogen and oxygen atoms in total. The first kappa shape index (κ1) is 25.5. The monoisotopic (exact) mass is 482 g/mol. The molecule has 1 N–H and O–H groups in total. The van der Waals surface area contributed by atoms with Crippen LogP contribution in [0.5, 0.6) is 0 Å². The summed E-state index contributed by atoms with van der Waals surface area (Å²) in [5, 5.41) is 3.08. The van der Waals surface area contributed by atoms with Gasteiger partial charge >= 0.3 is 0 Å². The third-order valence-corrected chi connectivity index (χ3v) is 7.64. The van der Waals surface area contributed by atoms with Gasteiger partial charge in [0.2, 0.25) is 11.8 Å². The first-order valence-electron chi connectivity index (χ1n) is 13.7. The van der Waals surface area contributed by atoms with Crippen molar-refractivity contribution in [1.82, 2.24) is 9.80 Å². The summed E-state index contributed by atoms with van der Waals surface area (Å²) in [4.78, 5) is 45.2. The highest BCUT2D eigenvalue weighted by atomic mass is 16.2. The van der Waals surface area contributed by atoms with Crippen molar-refractivity contribution >= 4 is 29.1 Å². The first-order chi connectivity index (χ1) is 16.9. The molecule has 2 heterocycles. The van der Waals surface area contributed by atoms with Gasteiger partial charge in [0.05, 0.1) is 5.56 Å². The largest absolute Gasteiger partial charge is 0.369 e. The molecular weight excluding hydrogens is 440 g/mol.